The van der Waals surface area contributed by atoms with Crippen LogP contribution in [0, 0.1) is 0 Å². The summed E-state index contributed by atoms with van der Waals surface area (Å²) in [5, 5.41) is 54.3. The Hall–Kier alpha value is -1.62. The molecular weight excluding hydrogens is 721 g/mol. The lowest BCUT2D eigenvalue weighted by molar-refractivity contribution is -0.221. The highest BCUT2D eigenvalue weighted by Gasteiger charge is 2.48. The largest absolute Gasteiger partial charge is 0.376 e. The Morgan fingerprint density at radius 2 is 0.810 bits per heavy atom. The quantitative estimate of drug-likeness (QED) is 0.243. The first-order valence-corrected chi connectivity index (χ1v) is 22.9. The summed E-state index contributed by atoms with van der Waals surface area (Å²) in [5.74, 6) is 0.996. The number of benzene rings is 2. The number of nitrogens with zero attached hydrogens (tertiary/aromatic N) is 4. The molecule has 8 nitrogen and oxygen atoms in total. The number of aliphatic hydroxyl groups is 1. The zero-order valence-corrected chi connectivity index (χ0v) is 39.7. The average molecular weight is 805 g/mol. The van der Waals surface area contributed by atoms with E-state index in [2.05, 4.69) is 133 Å². The SMILES string of the molecule is CN1C(C)(C)CC(c2c(C3CCC(C)(C)N(O)C(C)(C)C3)ccc3cc(C4CCC(C)(C)N(O)C(C)(C)C4)c(C4CCC(C)(C)N(O)C(C)(C)C4)cc23)CCC1(C)O. The third kappa shape index (κ3) is 8.45. The number of hydroxylamine groups is 6. The molecule has 0 amide bonds. The topological polar surface area (TPSA) is 93.9 Å². The van der Waals surface area contributed by atoms with Crippen molar-refractivity contribution in [3.8, 4) is 0 Å². The second-order valence-electron chi connectivity index (χ2n) is 24.4. The number of rotatable bonds is 4. The summed E-state index contributed by atoms with van der Waals surface area (Å²) in [7, 11) is 2.09. The number of likely N-dealkylation sites (tertiary alicyclic amines) is 1. The van der Waals surface area contributed by atoms with E-state index in [0.29, 0.717) is 6.42 Å². The van der Waals surface area contributed by atoms with Crippen LogP contribution in [0.4, 0.5) is 0 Å². The molecule has 4 N–H and O–H groups in total. The van der Waals surface area contributed by atoms with Crippen LogP contribution in [-0.2, 0) is 0 Å². The van der Waals surface area contributed by atoms with Gasteiger partial charge in [0.1, 0.15) is 5.72 Å². The minimum atomic E-state index is -0.914. The van der Waals surface area contributed by atoms with Gasteiger partial charge in [0, 0.05) is 38.8 Å². The Bertz CT molecular complexity index is 1780. The summed E-state index contributed by atoms with van der Waals surface area (Å²) in [6, 6.07) is 9.98. The van der Waals surface area contributed by atoms with Crippen molar-refractivity contribution >= 4 is 10.8 Å². The normalized spacial score (nSPS) is 34.5. The molecule has 0 aliphatic carbocycles. The molecular formula is C50H84N4O4. The van der Waals surface area contributed by atoms with Crippen molar-refractivity contribution in [3.63, 3.8) is 0 Å². The molecule has 4 saturated heterocycles. The van der Waals surface area contributed by atoms with Crippen LogP contribution in [0.2, 0.25) is 0 Å². The Labute approximate surface area is 353 Å². The molecule has 4 aliphatic rings. The van der Waals surface area contributed by atoms with E-state index < -0.39 is 22.3 Å². The Kier molecular flexibility index (Phi) is 11.9. The fourth-order valence-corrected chi connectivity index (χ4v) is 12.9. The summed E-state index contributed by atoms with van der Waals surface area (Å²) in [6.07, 6.45) is 10.7. The smallest absolute Gasteiger partial charge is 0.115 e. The van der Waals surface area contributed by atoms with Crippen LogP contribution in [0.25, 0.3) is 10.8 Å². The van der Waals surface area contributed by atoms with Crippen LogP contribution in [-0.4, -0.2) is 92.4 Å². The van der Waals surface area contributed by atoms with Gasteiger partial charge in [0.05, 0.1) is 0 Å². The Morgan fingerprint density at radius 1 is 0.448 bits per heavy atom. The van der Waals surface area contributed by atoms with Crippen LogP contribution in [0.3, 0.4) is 0 Å². The summed E-state index contributed by atoms with van der Waals surface area (Å²) < 4.78 is 0. The molecule has 4 fully saturated rings. The second-order valence-corrected chi connectivity index (χ2v) is 24.4. The molecule has 4 aliphatic heterocycles. The molecule has 6 rings (SSSR count). The molecule has 0 radical (unpaired) electrons. The lowest BCUT2D eigenvalue weighted by Crippen LogP contribution is -2.53. The van der Waals surface area contributed by atoms with Crippen molar-refractivity contribution in [2.45, 2.75) is 249 Å². The van der Waals surface area contributed by atoms with Crippen LogP contribution >= 0.6 is 0 Å². The van der Waals surface area contributed by atoms with E-state index in [-0.39, 0.29) is 45.8 Å². The minimum absolute atomic E-state index is 0.228. The van der Waals surface area contributed by atoms with Crippen molar-refractivity contribution in [3.05, 3.63) is 46.5 Å². The van der Waals surface area contributed by atoms with Crippen molar-refractivity contribution in [1.29, 1.82) is 0 Å². The average Bonchev–Trinajstić information content (AvgIpc) is 3.34. The fraction of sp³-hybridized carbons (Fsp3) is 0.800. The summed E-state index contributed by atoms with van der Waals surface area (Å²) in [5.41, 5.74) is 2.25. The first-order chi connectivity index (χ1) is 26.3. The minimum Gasteiger partial charge on any atom is -0.376 e. The predicted octanol–water partition coefficient (Wildman–Crippen LogP) is 12.1. The number of fused-ring (bicyclic) bond motifs is 1. The van der Waals surface area contributed by atoms with E-state index in [1.54, 1.807) is 15.2 Å². The molecule has 4 heterocycles. The van der Waals surface area contributed by atoms with Crippen LogP contribution in [0.15, 0.2) is 24.3 Å². The zero-order valence-electron chi connectivity index (χ0n) is 39.7. The van der Waals surface area contributed by atoms with Crippen LogP contribution in [0.5, 0.6) is 0 Å². The monoisotopic (exact) mass is 805 g/mol. The molecule has 5 atom stereocenters. The number of hydrogen-bond donors (Lipinski definition) is 4. The van der Waals surface area contributed by atoms with Crippen molar-refractivity contribution in [2.75, 3.05) is 7.05 Å². The highest BCUT2D eigenvalue weighted by atomic mass is 16.5. The lowest BCUT2D eigenvalue weighted by atomic mass is 9.72. The molecule has 328 valence electrons. The third-order valence-corrected chi connectivity index (χ3v) is 16.4. The zero-order chi connectivity index (χ0) is 43.4. The number of hydrogen-bond acceptors (Lipinski definition) is 8. The predicted molar refractivity (Wildman–Crippen MR) is 238 cm³/mol. The van der Waals surface area contributed by atoms with E-state index in [4.69, 9.17) is 0 Å². The molecule has 8 heteroatoms. The fourth-order valence-electron chi connectivity index (χ4n) is 12.9. The molecule has 0 bridgehead atoms. The molecule has 2 aromatic carbocycles. The molecule has 0 aromatic heterocycles. The van der Waals surface area contributed by atoms with Crippen LogP contribution in [0.1, 0.15) is 227 Å². The van der Waals surface area contributed by atoms with Gasteiger partial charge in [-0.3, -0.25) is 4.90 Å². The van der Waals surface area contributed by atoms with Gasteiger partial charge in [-0.2, -0.15) is 15.2 Å². The summed E-state index contributed by atoms with van der Waals surface area (Å²) in [4.78, 5) is 2.20. The van der Waals surface area contributed by atoms with Gasteiger partial charge in [0.2, 0.25) is 0 Å². The maximum atomic E-state index is 11.8. The molecule has 0 saturated carbocycles. The van der Waals surface area contributed by atoms with E-state index >= 15 is 0 Å². The van der Waals surface area contributed by atoms with Gasteiger partial charge < -0.3 is 20.7 Å². The lowest BCUT2D eigenvalue weighted by Gasteiger charge is -2.43. The first kappa shape index (κ1) is 45.9. The van der Waals surface area contributed by atoms with Crippen molar-refractivity contribution in [2.24, 2.45) is 0 Å². The summed E-state index contributed by atoms with van der Waals surface area (Å²) >= 11 is 0. The van der Waals surface area contributed by atoms with Gasteiger partial charge in [-0.1, -0.05) is 24.3 Å². The van der Waals surface area contributed by atoms with Gasteiger partial charge >= 0.3 is 0 Å². The Morgan fingerprint density at radius 3 is 1.24 bits per heavy atom. The van der Waals surface area contributed by atoms with Crippen molar-refractivity contribution < 1.29 is 20.7 Å². The molecule has 0 spiro atoms. The van der Waals surface area contributed by atoms with Gasteiger partial charge in [0.15, 0.2) is 0 Å². The molecule has 58 heavy (non-hydrogen) atoms. The maximum absolute atomic E-state index is 11.8. The highest BCUT2D eigenvalue weighted by molar-refractivity contribution is 5.89. The third-order valence-electron chi connectivity index (χ3n) is 16.4. The maximum Gasteiger partial charge on any atom is 0.115 e. The summed E-state index contributed by atoms with van der Waals surface area (Å²) in [6.45, 7) is 32.8. The molecule has 2 aromatic rings. The Balaban J connectivity index is 1.64. The van der Waals surface area contributed by atoms with E-state index in [0.717, 1.165) is 70.6 Å². The van der Waals surface area contributed by atoms with Gasteiger partial charge in [-0.05, 0) is 245 Å². The standard InChI is InChI=1S/C50H84N4O4/c1-43(2)23-19-34(29-47(9,10)52(43)56)38-18-17-33-27-39(35-20-24-44(3,4)53(57)48(11,12)30-35)40(36-21-25-45(5,6)54(58)49(13,14)31-36)28-41(33)42(38)37-22-26-50(15,55)51(16)46(7,8)32-37/h17-18,27-28,34-37,55-58H,19-26,29-32H2,1-16H3. The van der Waals surface area contributed by atoms with Crippen LogP contribution < -0.4 is 0 Å². The van der Waals surface area contributed by atoms with Gasteiger partial charge in [0.25, 0.3) is 0 Å². The van der Waals surface area contributed by atoms with E-state index in [1.807, 2.05) is 6.92 Å². The first-order valence-electron chi connectivity index (χ1n) is 22.9. The van der Waals surface area contributed by atoms with Gasteiger partial charge in [-0.25, -0.2) is 0 Å². The van der Waals surface area contributed by atoms with Gasteiger partial charge in [-0.15, -0.1) is 0 Å². The molecule has 5 unspecified atom stereocenters. The highest BCUT2D eigenvalue weighted by Crippen LogP contribution is 2.53. The van der Waals surface area contributed by atoms with Crippen molar-refractivity contribution in [1.82, 2.24) is 20.1 Å². The van der Waals surface area contributed by atoms with E-state index in [9.17, 15) is 20.7 Å². The van der Waals surface area contributed by atoms with E-state index in [1.165, 1.54) is 33.0 Å². The second kappa shape index (κ2) is 15.0.